The molecule has 22 heavy (non-hydrogen) atoms. The Morgan fingerprint density at radius 1 is 1.18 bits per heavy atom. The highest BCUT2D eigenvalue weighted by atomic mass is 16.7. The second-order valence-electron chi connectivity index (χ2n) is 5.13. The van der Waals surface area contributed by atoms with Gasteiger partial charge in [-0.2, -0.15) is 0 Å². The Morgan fingerprint density at radius 3 is 2.50 bits per heavy atom. The lowest BCUT2D eigenvalue weighted by molar-refractivity contribution is -0.182. The molecule has 0 spiro atoms. The molecule has 0 aromatic carbocycles. The molecule has 2 unspecified atom stereocenters. The highest BCUT2D eigenvalue weighted by molar-refractivity contribution is 5.54. The summed E-state index contributed by atoms with van der Waals surface area (Å²) in [5, 5.41) is 0. The normalized spacial score (nSPS) is 19.6. The van der Waals surface area contributed by atoms with Crippen LogP contribution in [0.4, 0.5) is 0 Å². The summed E-state index contributed by atoms with van der Waals surface area (Å²) in [6.45, 7) is 1.95. The van der Waals surface area contributed by atoms with E-state index in [1.807, 2.05) is 19.1 Å². The predicted molar refractivity (Wildman–Crippen MR) is 87.3 cm³/mol. The van der Waals surface area contributed by atoms with Gasteiger partial charge in [-0.15, -0.1) is 0 Å². The van der Waals surface area contributed by atoms with Crippen LogP contribution in [0.25, 0.3) is 6.08 Å². The Labute approximate surface area is 132 Å². The highest BCUT2D eigenvalue weighted by Gasteiger charge is 2.20. The molecule has 0 N–H and O–H groups in total. The zero-order valence-electron chi connectivity index (χ0n) is 13.3. The van der Waals surface area contributed by atoms with E-state index in [4.69, 9.17) is 14.2 Å². The maximum absolute atomic E-state index is 5.93. The zero-order valence-corrected chi connectivity index (χ0v) is 13.3. The molecular formula is C18H23NO3. The van der Waals surface area contributed by atoms with Gasteiger partial charge in [-0.25, -0.2) is 0 Å². The first kappa shape index (κ1) is 16.6. The molecule has 1 aliphatic rings. The minimum atomic E-state index is -0.342. The second-order valence-corrected chi connectivity index (χ2v) is 5.13. The summed E-state index contributed by atoms with van der Waals surface area (Å²) in [5.74, 6) is 0. The number of hydrogen-bond acceptors (Lipinski definition) is 4. The molecule has 0 saturated heterocycles. The number of allylic oxidation sites excluding steroid dienone is 3. The van der Waals surface area contributed by atoms with Crippen molar-refractivity contribution in [3.8, 4) is 0 Å². The van der Waals surface area contributed by atoms with Crippen LogP contribution in [-0.2, 0) is 14.2 Å². The number of hydrogen-bond donors (Lipinski definition) is 0. The molecule has 1 aromatic heterocycles. The lowest BCUT2D eigenvalue weighted by Crippen LogP contribution is -2.33. The molecule has 0 saturated carbocycles. The predicted octanol–water partition coefficient (Wildman–Crippen LogP) is 3.37. The largest absolute Gasteiger partial charge is 0.366 e. The monoisotopic (exact) mass is 301 g/mol. The van der Waals surface area contributed by atoms with Gasteiger partial charge in [0.25, 0.3) is 0 Å². The van der Waals surface area contributed by atoms with Crippen LogP contribution in [0, 0.1) is 0 Å². The van der Waals surface area contributed by atoms with E-state index in [-0.39, 0.29) is 18.5 Å². The summed E-state index contributed by atoms with van der Waals surface area (Å²) in [5.41, 5.74) is 2.32. The first-order valence-corrected chi connectivity index (χ1v) is 7.40. The fourth-order valence-electron chi connectivity index (χ4n) is 2.33. The van der Waals surface area contributed by atoms with Crippen molar-refractivity contribution < 1.29 is 14.2 Å². The van der Waals surface area contributed by atoms with Crippen molar-refractivity contribution in [3.63, 3.8) is 0 Å². The Balaban J connectivity index is 1.85. The number of methoxy groups -OCH3 is 2. The van der Waals surface area contributed by atoms with E-state index in [2.05, 4.69) is 35.4 Å². The van der Waals surface area contributed by atoms with Gasteiger partial charge in [0.2, 0.25) is 0 Å². The fraction of sp³-hybridized carbons (Fsp3) is 0.389. The third-order valence-corrected chi connectivity index (χ3v) is 3.50. The molecule has 0 bridgehead atoms. The second kappa shape index (κ2) is 8.63. The summed E-state index contributed by atoms with van der Waals surface area (Å²) in [7, 11) is 3.24. The van der Waals surface area contributed by atoms with Gasteiger partial charge in [-0.05, 0) is 36.6 Å². The summed E-state index contributed by atoms with van der Waals surface area (Å²) in [6, 6.07) is 3.96. The van der Waals surface area contributed by atoms with Gasteiger partial charge in [0.1, 0.15) is 6.10 Å². The molecule has 0 amide bonds. The topological polar surface area (TPSA) is 40.6 Å². The molecule has 4 heteroatoms. The van der Waals surface area contributed by atoms with Crippen LogP contribution < -0.4 is 0 Å². The number of rotatable bonds is 7. The highest BCUT2D eigenvalue weighted by Crippen LogP contribution is 2.18. The first-order chi connectivity index (χ1) is 10.7. The first-order valence-electron chi connectivity index (χ1n) is 7.40. The van der Waals surface area contributed by atoms with Crippen LogP contribution in [0.3, 0.4) is 0 Å². The van der Waals surface area contributed by atoms with E-state index in [1.165, 1.54) is 5.57 Å². The van der Waals surface area contributed by atoms with Gasteiger partial charge in [-0.1, -0.05) is 30.4 Å². The molecule has 0 fully saturated rings. The average Bonchev–Trinajstić information content (AvgIpc) is 2.56. The summed E-state index contributed by atoms with van der Waals surface area (Å²) in [6.07, 6.45) is 14.5. The van der Waals surface area contributed by atoms with Gasteiger partial charge in [-0.3, -0.25) is 4.98 Å². The number of pyridine rings is 1. The van der Waals surface area contributed by atoms with Gasteiger partial charge in [0, 0.05) is 26.6 Å². The maximum Gasteiger partial charge on any atom is 0.182 e. The van der Waals surface area contributed by atoms with Crippen molar-refractivity contribution in [2.45, 2.75) is 31.8 Å². The third kappa shape index (κ3) is 4.91. The Morgan fingerprint density at radius 2 is 1.91 bits per heavy atom. The number of nitrogens with zero attached hydrogens (tertiary/aromatic N) is 1. The zero-order chi connectivity index (χ0) is 15.8. The molecular weight excluding hydrogens is 278 g/mol. The van der Waals surface area contributed by atoms with E-state index < -0.39 is 0 Å². The average molecular weight is 301 g/mol. The van der Waals surface area contributed by atoms with E-state index in [9.17, 15) is 0 Å². The van der Waals surface area contributed by atoms with E-state index >= 15 is 0 Å². The lowest BCUT2D eigenvalue weighted by atomic mass is 10.0. The molecule has 1 aliphatic carbocycles. The van der Waals surface area contributed by atoms with Crippen LogP contribution in [-0.4, -0.2) is 37.7 Å². The molecule has 1 aromatic rings. The van der Waals surface area contributed by atoms with Crippen molar-refractivity contribution in [2.24, 2.45) is 0 Å². The Hall–Kier alpha value is -1.75. The third-order valence-electron chi connectivity index (χ3n) is 3.50. The quantitative estimate of drug-likeness (QED) is 0.724. The smallest absolute Gasteiger partial charge is 0.182 e. The lowest BCUT2D eigenvalue weighted by Gasteiger charge is -2.26. The van der Waals surface area contributed by atoms with E-state index in [0.29, 0.717) is 0 Å². The van der Waals surface area contributed by atoms with Crippen LogP contribution in [0.5, 0.6) is 0 Å². The summed E-state index contributed by atoms with van der Waals surface area (Å²) < 4.78 is 16.3. The standard InChI is InChI=1S/C18H23NO3/c1-14(18(20-2)21-3)22-17-8-6-15(7-9-17)4-5-16-10-12-19-13-11-16/h4-8,10-14,17-18H,9H2,1-3H3/b5-4+. The van der Waals surface area contributed by atoms with E-state index in [1.54, 1.807) is 26.6 Å². The Kier molecular flexibility index (Phi) is 6.52. The van der Waals surface area contributed by atoms with Crippen molar-refractivity contribution in [3.05, 3.63) is 60.0 Å². The molecule has 0 aliphatic heterocycles. The molecule has 2 rings (SSSR count). The molecule has 118 valence electrons. The number of aromatic nitrogens is 1. The number of ether oxygens (including phenoxy) is 3. The minimum absolute atomic E-state index is 0.0564. The fourth-order valence-corrected chi connectivity index (χ4v) is 2.33. The van der Waals surface area contributed by atoms with Crippen molar-refractivity contribution >= 4 is 6.08 Å². The van der Waals surface area contributed by atoms with Crippen molar-refractivity contribution in [1.82, 2.24) is 4.98 Å². The van der Waals surface area contributed by atoms with E-state index in [0.717, 1.165) is 12.0 Å². The van der Waals surface area contributed by atoms with Crippen molar-refractivity contribution in [2.75, 3.05) is 14.2 Å². The van der Waals surface area contributed by atoms with Crippen LogP contribution >= 0.6 is 0 Å². The van der Waals surface area contributed by atoms with Gasteiger partial charge in [0.05, 0.1) is 6.10 Å². The van der Waals surface area contributed by atoms with Crippen LogP contribution in [0.15, 0.2) is 54.4 Å². The summed E-state index contributed by atoms with van der Waals surface area (Å²) in [4.78, 5) is 4.01. The molecule has 0 radical (unpaired) electrons. The SMILES string of the molecule is COC(OC)C(C)OC1C=CC(/C=C/c2ccncc2)=CC1. The molecule has 1 heterocycles. The maximum atomic E-state index is 5.93. The van der Waals surface area contributed by atoms with Crippen molar-refractivity contribution in [1.29, 1.82) is 0 Å². The summed E-state index contributed by atoms with van der Waals surface area (Å²) >= 11 is 0. The minimum Gasteiger partial charge on any atom is -0.366 e. The van der Waals surface area contributed by atoms with Gasteiger partial charge >= 0.3 is 0 Å². The van der Waals surface area contributed by atoms with Gasteiger partial charge < -0.3 is 14.2 Å². The Bertz CT molecular complexity index is 533. The van der Waals surface area contributed by atoms with Crippen LogP contribution in [0.2, 0.25) is 0 Å². The molecule has 2 atom stereocenters. The van der Waals surface area contributed by atoms with Gasteiger partial charge in [0.15, 0.2) is 6.29 Å². The molecule has 4 nitrogen and oxygen atoms in total. The van der Waals surface area contributed by atoms with Crippen LogP contribution in [0.1, 0.15) is 18.9 Å².